The summed E-state index contributed by atoms with van der Waals surface area (Å²) < 4.78 is 28.2. The van der Waals surface area contributed by atoms with E-state index in [4.69, 9.17) is 11.6 Å². The Morgan fingerprint density at radius 3 is 1.96 bits per heavy atom. The van der Waals surface area contributed by atoms with Crippen LogP contribution in [0.1, 0.15) is 0 Å². The maximum Gasteiger partial charge on any atom is 0.142 e. The first kappa shape index (κ1) is 15.8. The van der Waals surface area contributed by atoms with E-state index < -0.39 is 11.6 Å². The van der Waals surface area contributed by atoms with Crippen molar-refractivity contribution in [1.29, 1.82) is 0 Å². The Balaban J connectivity index is 1.76. The number of rotatable bonds is 2. The summed E-state index contributed by atoms with van der Waals surface area (Å²) in [7, 11) is 0. The highest BCUT2D eigenvalue weighted by atomic mass is 35.5. The van der Waals surface area contributed by atoms with Crippen LogP contribution in [0.3, 0.4) is 0 Å². The lowest BCUT2D eigenvalue weighted by Gasteiger charge is -2.08. The second kappa shape index (κ2) is 6.30. The monoisotopic (exact) mass is 350 g/mol. The zero-order chi connectivity index (χ0) is 17.4. The molecule has 25 heavy (non-hydrogen) atoms. The first-order chi connectivity index (χ1) is 12.1. The van der Waals surface area contributed by atoms with Gasteiger partial charge in [-0.1, -0.05) is 66.2 Å². The van der Waals surface area contributed by atoms with Crippen LogP contribution in [0.5, 0.6) is 0 Å². The first-order valence-corrected chi connectivity index (χ1v) is 8.24. The van der Waals surface area contributed by atoms with E-state index in [2.05, 4.69) is 0 Å². The van der Waals surface area contributed by atoms with Gasteiger partial charge in [-0.3, -0.25) is 0 Å². The van der Waals surface area contributed by atoms with Crippen molar-refractivity contribution in [2.45, 2.75) is 0 Å². The maximum absolute atomic E-state index is 14.6. The lowest BCUT2D eigenvalue weighted by atomic mass is 9.98. The van der Waals surface area contributed by atoms with Crippen molar-refractivity contribution in [2.75, 3.05) is 0 Å². The molecule has 4 rings (SSSR count). The summed E-state index contributed by atoms with van der Waals surface area (Å²) in [5, 5.41) is 2.26. The van der Waals surface area contributed by atoms with E-state index in [9.17, 15) is 8.78 Å². The van der Waals surface area contributed by atoms with Crippen molar-refractivity contribution >= 4 is 22.4 Å². The Labute approximate surface area is 149 Å². The number of benzene rings is 4. The van der Waals surface area contributed by atoms with Gasteiger partial charge in [-0.15, -0.1) is 0 Å². The van der Waals surface area contributed by atoms with Crippen LogP contribution in [-0.2, 0) is 0 Å². The van der Waals surface area contributed by atoms with Gasteiger partial charge in [-0.05, 0) is 51.7 Å². The van der Waals surface area contributed by atoms with Gasteiger partial charge >= 0.3 is 0 Å². The van der Waals surface area contributed by atoms with E-state index in [1.54, 1.807) is 12.1 Å². The normalized spacial score (nSPS) is 11.0. The van der Waals surface area contributed by atoms with Crippen LogP contribution in [0, 0.1) is 11.6 Å². The standard InChI is InChI=1S/C22H13ClF2/c23-20-10-8-18(13-22(20)25)19-9-7-17(12-21(19)24)16-6-5-14-3-1-2-4-15(14)11-16/h1-13H. The quantitative estimate of drug-likeness (QED) is 0.361. The molecule has 3 heteroatoms. The van der Waals surface area contributed by atoms with Gasteiger partial charge in [0.15, 0.2) is 0 Å². The van der Waals surface area contributed by atoms with Gasteiger partial charge in [0.05, 0.1) is 5.02 Å². The molecule has 0 atom stereocenters. The van der Waals surface area contributed by atoms with Gasteiger partial charge in [-0.2, -0.15) is 0 Å². The minimum atomic E-state index is -0.558. The molecule has 4 aromatic carbocycles. The van der Waals surface area contributed by atoms with Crippen molar-refractivity contribution in [1.82, 2.24) is 0 Å². The van der Waals surface area contributed by atoms with Crippen molar-refractivity contribution < 1.29 is 8.78 Å². The van der Waals surface area contributed by atoms with Gasteiger partial charge in [0.2, 0.25) is 0 Å². The summed E-state index contributed by atoms with van der Waals surface area (Å²) in [6.45, 7) is 0. The second-order valence-corrected chi connectivity index (χ2v) is 6.29. The van der Waals surface area contributed by atoms with E-state index in [0.717, 1.165) is 21.9 Å². The highest BCUT2D eigenvalue weighted by Crippen LogP contribution is 2.31. The Morgan fingerprint density at radius 2 is 1.20 bits per heavy atom. The highest BCUT2D eigenvalue weighted by molar-refractivity contribution is 6.30. The largest absolute Gasteiger partial charge is 0.206 e. The fourth-order valence-corrected chi connectivity index (χ4v) is 3.08. The van der Waals surface area contributed by atoms with E-state index >= 15 is 0 Å². The maximum atomic E-state index is 14.6. The fraction of sp³-hybridized carbons (Fsp3) is 0. The average molecular weight is 351 g/mol. The van der Waals surface area contributed by atoms with Crippen LogP contribution >= 0.6 is 11.6 Å². The highest BCUT2D eigenvalue weighted by Gasteiger charge is 2.10. The molecule has 0 aliphatic heterocycles. The third kappa shape index (κ3) is 3.01. The predicted octanol–water partition coefficient (Wildman–Crippen LogP) is 7.11. The smallest absolute Gasteiger partial charge is 0.142 e. The molecule has 0 N–H and O–H groups in total. The van der Waals surface area contributed by atoms with Gasteiger partial charge < -0.3 is 0 Å². The molecule has 0 spiro atoms. The zero-order valence-corrected chi connectivity index (χ0v) is 13.9. The number of hydrogen-bond acceptors (Lipinski definition) is 0. The molecule has 0 bridgehead atoms. The summed E-state index contributed by atoms with van der Waals surface area (Å²) in [5.74, 6) is -0.954. The summed E-state index contributed by atoms with van der Waals surface area (Å²) in [6, 6.07) is 23.3. The van der Waals surface area contributed by atoms with Crippen LogP contribution in [0.25, 0.3) is 33.0 Å². The van der Waals surface area contributed by atoms with Crippen molar-refractivity contribution in [2.24, 2.45) is 0 Å². The van der Waals surface area contributed by atoms with Crippen molar-refractivity contribution in [3.8, 4) is 22.3 Å². The molecule has 0 fully saturated rings. The van der Waals surface area contributed by atoms with Crippen LogP contribution in [0.4, 0.5) is 8.78 Å². The summed E-state index contributed by atoms with van der Waals surface area (Å²) in [5.41, 5.74) is 2.53. The van der Waals surface area contributed by atoms with Gasteiger partial charge in [0.1, 0.15) is 11.6 Å². The number of halogens is 3. The molecule has 0 aromatic heterocycles. The molecule has 0 heterocycles. The van der Waals surface area contributed by atoms with Crippen LogP contribution < -0.4 is 0 Å². The van der Waals surface area contributed by atoms with E-state index in [0.29, 0.717) is 11.1 Å². The average Bonchev–Trinajstić information content (AvgIpc) is 2.63. The second-order valence-electron chi connectivity index (χ2n) is 5.89. The van der Waals surface area contributed by atoms with Crippen molar-refractivity contribution in [3.63, 3.8) is 0 Å². The van der Waals surface area contributed by atoms with Gasteiger partial charge in [0.25, 0.3) is 0 Å². The molecule has 0 saturated heterocycles. The third-order valence-electron chi connectivity index (χ3n) is 4.28. The fourth-order valence-electron chi connectivity index (χ4n) is 2.96. The molecule has 0 radical (unpaired) electrons. The SMILES string of the molecule is Fc1cc(-c2ccc(-c3ccc4ccccc4c3)cc2F)ccc1Cl. The topological polar surface area (TPSA) is 0 Å². The molecule has 0 aliphatic carbocycles. The Kier molecular flexibility index (Phi) is 3.98. The molecule has 4 aromatic rings. The van der Waals surface area contributed by atoms with Crippen LogP contribution in [0.2, 0.25) is 5.02 Å². The van der Waals surface area contributed by atoms with E-state index in [1.165, 1.54) is 18.2 Å². The van der Waals surface area contributed by atoms with Crippen LogP contribution in [-0.4, -0.2) is 0 Å². The van der Waals surface area contributed by atoms with E-state index in [-0.39, 0.29) is 5.02 Å². The molecule has 122 valence electrons. The van der Waals surface area contributed by atoms with E-state index in [1.807, 2.05) is 48.5 Å². The summed E-state index contributed by atoms with van der Waals surface area (Å²) in [6.07, 6.45) is 0. The third-order valence-corrected chi connectivity index (χ3v) is 4.59. The number of hydrogen-bond donors (Lipinski definition) is 0. The summed E-state index contributed by atoms with van der Waals surface area (Å²) >= 11 is 5.69. The molecular weight excluding hydrogens is 338 g/mol. The molecular formula is C22H13ClF2. The lowest BCUT2D eigenvalue weighted by molar-refractivity contribution is 0.625. The molecule has 0 amide bonds. The predicted molar refractivity (Wildman–Crippen MR) is 99.7 cm³/mol. The lowest BCUT2D eigenvalue weighted by Crippen LogP contribution is -1.88. The molecule has 0 saturated carbocycles. The number of fused-ring (bicyclic) bond motifs is 1. The molecule has 0 unspecified atom stereocenters. The Morgan fingerprint density at radius 1 is 0.560 bits per heavy atom. The minimum absolute atomic E-state index is 0.0249. The van der Waals surface area contributed by atoms with Gasteiger partial charge in [0, 0.05) is 5.56 Å². The Bertz CT molecular complexity index is 1090. The Hall–Kier alpha value is -2.71. The van der Waals surface area contributed by atoms with Crippen LogP contribution in [0.15, 0.2) is 78.9 Å². The summed E-state index contributed by atoms with van der Waals surface area (Å²) in [4.78, 5) is 0. The molecule has 0 aliphatic rings. The minimum Gasteiger partial charge on any atom is -0.206 e. The molecule has 0 nitrogen and oxygen atoms in total. The van der Waals surface area contributed by atoms with Crippen molar-refractivity contribution in [3.05, 3.63) is 95.5 Å². The first-order valence-electron chi connectivity index (χ1n) is 7.86. The van der Waals surface area contributed by atoms with Gasteiger partial charge in [-0.25, -0.2) is 8.78 Å². The zero-order valence-electron chi connectivity index (χ0n) is 13.1.